The fraction of sp³-hybridized carbons (Fsp3) is 0.385. The topological polar surface area (TPSA) is 83.8 Å². The largest absolute Gasteiger partial charge is 0.370 e. The Bertz CT molecular complexity index is 1270. The third-order valence-electron chi connectivity index (χ3n) is 6.46. The lowest BCUT2D eigenvalue weighted by Gasteiger charge is -2.32. The summed E-state index contributed by atoms with van der Waals surface area (Å²) in [4.78, 5) is 20.4. The molecule has 0 atom stereocenters. The van der Waals surface area contributed by atoms with Crippen LogP contribution in [0.5, 0.6) is 0 Å². The van der Waals surface area contributed by atoms with Crippen molar-refractivity contribution >= 4 is 45.9 Å². The second-order valence-corrected chi connectivity index (χ2v) is 9.97. The quantitative estimate of drug-likeness (QED) is 0.245. The van der Waals surface area contributed by atoms with Crippen molar-refractivity contribution in [1.82, 2.24) is 24.5 Å². The summed E-state index contributed by atoms with van der Waals surface area (Å²) in [7, 11) is 0. The van der Waals surface area contributed by atoms with Gasteiger partial charge in [-0.3, -0.25) is 0 Å². The third-order valence-corrected chi connectivity index (χ3v) is 7.01. The van der Waals surface area contributed by atoms with Gasteiger partial charge in [0.2, 0.25) is 5.95 Å². The van der Waals surface area contributed by atoms with Gasteiger partial charge in [-0.15, -0.1) is 0 Å². The summed E-state index contributed by atoms with van der Waals surface area (Å²) in [6, 6.07) is 12.9. The molecule has 0 spiro atoms. The zero-order valence-corrected chi connectivity index (χ0v) is 21.3. The number of nitrogens with zero attached hydrogens (tertiary/aromatic N) is 6. The average molecular weight is 489 g/mol. The minimum Gasteiger partial charge on any atom is -0.370 e. The molecule has 1 fully saturated rings. The number of piperidine rings is 1. The molecule has 9 heteroatoms. The van der Waals surface area contributed by atoms with Crippen LogP contribution in [0.25, 0.3) is 10.9 Å². The van der Waals surface area contributed by atoms with Crippen LogP contribution in [0, 0.1) is 5.92 Å². The summed E-state index contributed by atoms with van der Waals surface area (Å²) < 4.78 is 2.29. The maximum atomic E-state index is 4.68. The molecule has 0 saturated carbocycles. The lowest BCUT2D eigenvalue weighted by atomic mass is 9.97. The van der Waals surface area contributed by atoms with Crippen LogP contribution < -0.4 is 15.5 Å². The van der Waals surface area contributed by atoms with Crippen LogP contribution in [0.4, 0.5) is 23.3 Å². The van der Waals surface area contributed by atoms with Gasteiger partial charge in [-0.05, 0) is 69.2 Å². The Morgan fingerprint density at radius 1 is 1.03 bits per heavy atom. The van der Waals surface area contributed by atoms with Crippen LogP contribution in [0.2, 0.25) is 0 Å². The molecule has 4 heterocycles. The normalized spacial score (nSPS) is 14.6. The Morgan fingerprint density at radius 3 is 2.54 bits per heavy atom. The molecule has 0 radical (unpaired) electrons. The Morgan fingerprint density at radius 2 is 1.80 bits per heavy atom. The number of hydrogen-bond donors (Lipinski definition) is 2. The Hall–Kier alpha value is -3.33. The zero-order chi connectivity index (χ0) is 24.2. The lowest BCUT2D eigenvalue weighted by Crippen LogP contribution is -2.36. The molecule has 8 nitrogen and oxygen atoms in total. The van der Waals surface area contributed by atoms with E-state index in [0.29, 0.717) is 12.0 Å². The number of hydrogen-bond acceptors (Lipinski definition) is 8. The van der Waals surface area contributed by atoms with E-state index in [0.717, 1.165) is 60.9 Å². The van der Waals surface area contributed by atoms with E-state index in [2.05, 4.69) is 84.3 Å². The summed E-state index contributed by atoms with van der Waals surface area (Å²) >= 11 is 1.55. The zero-order valence-electron chi connectivity index (χ0n) is 20.5. The van der Waals surface area contributed by atoms with Gasteiger partial charge in [-0.25, -0.2) is 19.9 Å². The molecular formula is C26H32N8S. The Balaban J connectivity index is 1.22. The number of rotatable bonds is 8. The van der Waals surface area contributed by atoms with Crippen molar-refractivity contribution in [3.63, 3.8) is 0 Å². The first-order valence-corrected chi connectivity index (χ1v) is 13.4. The maximum Gasteiger partial charge on any atom is 0.225 e. The molecule has 1 aliphatic heterocycles. The molecule has 0 unspecified atom stereocenters. The molecule has 3 aromatic heterocycles. The highest BCUT2D eigenvalue weighted by Crippen LogP contribution is 2.27. The number of nitrogens with one attached hydrogen (secondary N) is 2. The van der Waals surface area contributed by atoms with Crippen molar-refractivity contribution in [3.05, 3.63) is 55.0 Å². The molecule has 0 amide bonds. The third kappa shape index (κ3) is 5.51. The van der Waals surface area contributed by atoms with Gasteiger partial charge in [0.25, 0.3) is 0 Å². The molecule has 1 aliphatic rings. The molecule has 1 saturated heterocycles. The van der Waals surface area contributed by atoms with Crippen LogP contribution in [-0.4, -0.2) is 50.4 Å². The van der Waals surface area contributed by atoms with Crippen LogP contribution >= 0.6 is 11.8 Å². The van der Waals surface area contributed by atoms with Crippen molar-refractivity contribution in [2.24, 2.45) is 5.92 Å². The van der Waals surface area contributed by atoms with Gasteiger partial charge in [-0.2, -0.15) is 0 Å². The molecule has 4 aromatic rings. The molecule has 1 aromatic carbocycles. The van der Waals surface area contributed by atoms with Gasteiger partial charge in [0, 0.05) is 66.9 Å². The predicted octanol–water partition coefficient (Wildman–Crippen LogP) is 5.60. The summed E-state index contributed by atoms with van der Waals surface area (Å²) in [5, 5.41) is 9.00. The van der Waals surface area contributed by atoms with E-state index >= 15 is 0 Å². The van der Waals surface area contributed by atoms with E-state index in [9.17, 15) is 0 Å². The minimum atomic E-state index is 0.435. The van der Waals surface area contributed by atoms with Crippen LogP contribution in [0.15, 0.2) is 60.1 Å². The second kappa shape index (κ2) is 10.5. The fourth-order valence-corrected chi connectivity index (χ4v) is 4.93. The monoisotopic (exact) mass is 488 g/mol. The van der Waals surface area contributed by atoms with E-state index in [1.54, 1.807) is 24.2 Å². The number of anilines is 4. The summed E-state index contributed by atoms with van der Waals surface area (Å²) in [6.07, 6.45) is 9.97. The Labute approximate surface area is 210 Å². The van der Waals surface area contributed by atoms with Crippen molar-refractivity contribution < 1.29 is 0 Å². The van der Waals surface area contributed by atoms with Crippen molar-refractivity contribution in [3.8, 4) is 0 Å². The van der Waals surface area contributed by atoms with E-state index in [1.807, 2.05) is 18.4 Å². The van der Waals surface area contributed by atoms with Crippen molar-refractivity contribution in [1.29, 1.82) is 0 Å². The number of thioether (sulfide) groups is 1. The van der Waals surface area contributed by atoms with Gasteiger partial charge >= 0.3 is 0 Å². The molecule has 0 bridgehead atoms. The Kier molecular flexibility index (Phi) is 7.03. The first-order valence-electron chi connectivity index (χ1n) is 12.2. The number of fused-ring (bicyclic) bond motifs is 1. The molecule has 35 heavy (non-hydrogen) atoms. The molecule has 2 N–H and O–H groups in total. The smallest absolute Gasteiger partial charge is 0.225 e. The number of aromatic nitrogens is 5. The lowest BCUT2D eigenvalue weighted by molar-refractivity contribution is 0.419. The van der Waals surface area contributed by atoms with Gasteiger partial charge in [-0.1, -0.05) is 11.8 Å². The molecule has 5 rings (SSSR count). The van der Waals surface area contributed by atoms with E-state index in [1.165, 1.54) is 10.9 Å². The van der Waals surface area contributed by atoms with Crippen LogP contribution in [0.1, 0.15) is 32.7 Å². The summed E-state index contributed by atoms with van der Waals surface area (Å²) in [5.41, 5.74) is 2.26. The second-order valence-electron chi connectivity index (χ2n) is 9.20. The van der Waals surface area contributed by atoms with Crippen LogP contribution in [-0.2, 0) is 0 Å². The van der Waals surface area contributed by atoms with Gasteiger partial charge in [0.15, 0.2) is 5.16 Å². The first kappa shape index (κ1) is 23.4. The summed E-state index contributed by atoms with van der Waals surface area (Å²) in [6.45, 7) is 7.24. The standard InChI is InChI=1S/C26H32N8S/c1-18(2)34-14-9-20-15-21(5-6-22(20)34)30-24-16-23(31-26(32-24)35-3)29-17-19-7-12-33(13-8-19)25-27-10-4-11-28-25/h4-6,9-11,14-16,18-19H,7-8,12-13,17H2,1-3H3,(H2,29,30,31,32). The van der Waals surface area contributed by atoms with E-state index in [4.69, 9.17) is 0 Å². The van der Waals surface area contributed by atoms with Gasteiger partial charge in [0.05, 0.1) is 0 Å². The van der Waals surface area contributed by atoms with Crippen molar-refractivity contribution in [2.75, 3.05) is 41.4 Å². The van der Waals surface area contributed by atoms with Gasteiger partial charge < -0.3 is 20.1 Å². The minimum absolute atomic E-state index is 0.435. The van der Waals surface area contributed by atoms with Crippen molar-refractivity contribution in [2.45, 2.75) is 37.9 Å². The molecular weight excluding hydrogens is 456 g/mol. The number of benzene rings is 1. The highest BCUT2D eigenvalue weighted by atomic mass is 32.2. The first-order chi connectivity index (χ1) is 17.1. The average Bonchev–Trinajstić information content (AvgIpc) is 3.32. The summed E-state index contributed by atoms with van der Waals surface area (Å²) in [5.74, 6) is 3.07. The SMILES string of the molecule is CSc1nc(NCC2CCN(c3ncccn3)CC2)cc(Nc2ccc3c(ccn3C(C)C)c2)n1. The highest BCUT2D eigenvalue weighted by Gasteiger charge is 2.21. The highest BCUT2D eigenvalue weighted by molar-refractivity contribution is 7.98. The van der Waals surface area contributed by atoms with E-state index < -0.39 is 0 Å². The molecule has 0 aliphatic carbocycles. The predicted molar refractivity (Wildman–Crippen MR) is 145 cm³/mol. The van der Waals surface area contributed by atoms with Crippen LogP contribution in [0.3, 0.4) is 0 Å². The fourth-order valence-electron chi connectivity index (χ4n) is 4.55. The maximum absolute atomic E-state index is 4.68. The van der Waals surface area contributed by atoms with Gasteiger partial charge in [0.1, 0.15) is 11.6 Å². The molecule has 182 valence electrons. The van der Waals surface area contributed by atoms with E-state index in [-0.39, 0.29) is 0 Å².